The number of ether oxygens (including phenoxy) is 1. The van der Waals surface area contributed by atoms with E-state index in [0.29, 0.717) is 0 Å². The standard InChI is InChI=1S/C26H39N3O4/c1-18-13-15-19(16-14-18)23(24(31)28-20-9-6-5-7-10-20)29(21-11-8-12-21)22(30)17-27-25(32)33-26(2,3)4/h13-16,20-21,23H,5-12,17H2,1-4H3,(H,27,32)(H,28,31). The third kappa shape index (κ3) is 7.21. The molecule has 2 aliphatic rings. The van der Waals surface area contributed by atoms with E-state index in [2.05, 4.69) is 10.6 Å². The Kier molecular flexibility index (Phi) is 8.38. The van der Waals surface area contributed by atoms with Gasteiger partial charge < -0.3 is 20.3 Å². The fourth-order valence-corrected chi connectivity index (χ4v) is 4.49. The molecule has 7 nitrogen and oxygen atoms in total. The summed E-state index contributed by atoms with van der Waals surface area (Å²) in [6.45, 7) is 7.12. The molecule has 2 N–H and O–H groups in total. The van der Waals surface area contributed by atoms with Gasteiger partial charge in [0.05, 0.1) is 0 Å². The Morgan fingerprint density at radius 2 is 1.64 bits per heavy atom. The molecule has 33 heavy (non-hydrogen) atoms. The minimum absolute atomic E-state index is 0.0126. The molecule has 2 fully saturated rings. The van der Waals surface area contributed by atoms with Crippen LogP contribution in [0.3, 0.4) is 0 Å². The van der Waals surface area contributed by atoms with Gasteiger partial charge in [0.2, 0.25) is 11.8 Å². The van der Waals surface area contributed by atoms with Crippen LogP contribution in [0.25, 0.3) is 0 Å². The monoisotopic (exact) mass is 457 g/mol. The Hall–Kier alpha value is -2.57. The van der Waals surface area contributed by atoms with Crippen LogP contribution in [0.4, 0.5) is 4.79 Å². The number of rotatable bonds is 7. The van der Waals surface area contributed by atoms with E-state index >= 15 is 0 Å². The number of amides is 3. The number of carbonyl (C=O) groups excluding carboxylic acids is 3. The summed E-state index contributed by atoms with van der Waals surface area (Å²) in [5.41, 5.74) is 1.25. The van der Waals surface area contributed by atoms with Gasteiger partial charge in [-0.2, -0.15) is 0 Å². The van der Waals surface area contributed by atoms with E-state index in [1.165, 1.54) is 6.42 Å². The number of hydrogen-bond acceptors (Lipinski definition) is 4. The van der Waals surface area contributed by atoms with Crippen molar-refractivity contribution in [1.82, 2.24) is 15.5 Å². The molecule has 182 valence electrons. The van der Waals surface area contributed by atoms with E-state index in [1.807, 2.05) is 31.2 Å². The predicted molar refractivity (Wildman–Crippen MR) is 128 cm³/mol. The van der Waals surface area contributed by atoms with Crippen LogP contribution in [-0.2, 0) is 14.3 Å². The Labute approximate surface area is 197 Å². The first kappa shape index (κ1) is 25.1. The topological polar surface area (TPSA) is 87.7 Å². The van der Waals surface area contributed by atoms with Crippen molar-refractivity contribution in [2.75, 3.05) is 6.54 Å². The van der Waals surface area contributed by atoms with Crippen molar-refractivity contribution in [3.8, 4) is 0 Å². The average Bonchev–Trinajstić information content (AvgIpc) is 2.71. The van der Waals surface area contributed by atoms with Crippen molar-refractivity contribution in [2.24, 2.45) is 0 Å². The zero-order valence-electron chi connectivity index (χ0n) is 20.5. The van der Waals surface area contributed by atoms with Gasteiger partial charge in [0, 0.05) is 12.1 Å². The number of benzene rings is 1. The van der Waals surface area contributed by atoms with E-state index in [4.69, 9.17) is 4.74 Å². The van der Waals surface area contributed by atoms with E-state index in [0.717, 1.165) is 56.1 Å². The van der Waals surface area contributed by atoms with Gasteiger partial charge in [0.25, 0.3) is 0 Å². The minimum Gasteiger partial charge on any atom is -0.444 e. The van der Waals surface area contributed by atoms with E-state index < -0.39 is 17.7 Å². The highest BCUT2D eigenvalue weighted by molar-refractivity contribution is 5.91. The van der Waals surface area contributed by atoms with Crippen LogP contribution in [0.2, 0.25) is 0 Å². The van der Waals surface area contributed by atoms with Gasteiger partial charge in [0.1, 0.15) is 18.2 Å². The van der Waals surface area contributed by atoms with Gasteiger partial charge in [-0.25, -0.2) is 4.79 Å². The van der Waals surface area contributed by atoms with Crippen molar-refractivity contribution in [2.45, 2.75) is 103 Å². The molecule has 1 unspecified atom stereocenters. The molecule has 0 saturated heterocycles. The molecule has 0 aliphatic heterocycles. The smallest absolute Gasteiger partial charge is 0.408 e. The minimum atomic E-state index is -0.717. The van der Waals surface area contributed by atoms with Gasteiger partial charge in [-0.3, -0.25) is 9.59 Å². The normalized spacial score (nSPS) is 18.1. The van der Waals surface area contributed by atoms with Crippen LogP contribution in [0, 0.1) is 6.92 Å². The first-order chi connectivity index (χ1) is 15.6. The summed E-state index contributed by atoms with van der Waals surface area (Å²) in [4.78, 5) is 40.8. The molecular weight excluding hydrogens is 418 g/mol. The van der Waals surface area contributed by atoms with Crippen molar-refractivity contribution >= 4 is 17.9 Å². The Morgan fingerprint density at radius 1 is 1.00 bits per heavy atom. The highest BCUT2D eigenvalue weighted by atomic mass is 16.6. The van der Waals surface area contributed by atoms with E-state index in [-0.39, 0.29) is 30.4 Å². The van der Waals surface area contributed by atoms with Crippen LogP contribution in [0.15, 0.2) is 24.3 Å². The van der Waals surface area contributed by atoms with Crippen molar-refractivity contribution in [3.05, 3.63) is 35.4 Å². The molecule has 1 aromatic rings. The lowest BCUT2D eigenvalue weighted by Crippen LogP contribution is -2.54. The lowest BCUT2D eigenvalue weighted by molar-refractivity contribution is -0.145. The molecule has 3 rings (SSSR count). The van der Waals surface area contributed by atoms with Gasteiger partial charge in [-0.15, -0.1) is 0 Å². The molecule has 0 radical (unpaired) electrons. The summed E-state index contributed by atoms with van der Waals surface area (Å²) in [6, 6.07) is 7.23. The van der Waals surface area contributed by atoms with Gasteiger partial charge >= 0.3 is 6.09 Å². The molecule has 0 spiro atoms. The van der Waals surface area contributed by atoms with E-state index in [1.54, 1.807) is 25.7 Å². The largest absolute Gasteiger partial charge is 0.444 e. The summed E-state index contributed by atoms with van der Waals surface area (Å²) in [5, 5.41) is 5.80. The summed E-state index contributed by atoms with van der Waals surface area (Å²) in [5.74, 6) is -0.404. The summed E-state index contributed by atoms with van der Waals surface area (Å²) >= 11 is 0. The van der Waals surface area contributed by atoms with Gasteiger partial charge in [-0.05, 0) is 65.4 Å². The van der Waals surface area contributed by atoms with Crippen LogP contribution in [0.1, 0.15) is 89.3 Å². The lowest BCUT2D eigenvalue weighted by Gasteiger charge is -2.42. The van der Waals surface area contributed by atoms with Crippen molar-refractivity contribution in [1.29, 1.82) is 0 Å². The highest BCUT2D eigenvalue weighted by Crippen LogP contribution is 2.33. The number of alkyl carbamates (subject to hydrolysis) is 1. The molecule has 0 aromatic heterocycles. The maximum atomic E-state index is 13.6. The second-order valence-electron chi connectivity index (χ2n) is 10.4. The summed E-state index contributed by atoms with van der Waals surface area (Å²) in [6.07, 6.45) is 7.50. The number of hydrogen-bond donors (Lipinski definition) is 2. The molecule has 3 amide bonds. The Morgan fingerprint density at radius 3 is 2.18 bits per heavy atom. The van der Waals surface area contributed by atoms with Crippen molar-refractivity contribution in [3.63, 3.8) is 0 Å². The lowest BCUT2D eigenvalue weighted by atomic mass is 9.88. The quantitative estimate of drug-likeness (QED) is 0.636. The summed E-state index contributed by atoms with van der Waals surface area (Å²) in [7, 11) is 0. The molecule has 7 heteroatoms. The second-order valence-corrected chi connectivity index (χ2v) is 10.4. The molecule has 2 saturated carbocycles. The van der Waals surface area contributed by atoms with E-state index in [9.17, 15) is 14.4 Å². The summed E-state index contributed by atoms with van der Waals surface area (Å²) < 4.78 is 5.27. The number of aryl methyl sites for hydroxylation is 1. The first-order valence-corrected chi connectivity index (χ1v) is 12.3. The third-order valence-corrected chi connectivity index (χ3v) is 6.41. The zero-order chi connectivity index (χ0) is 24.0. The SMILES string of the molecule is Cc1ccc(C(C(=O)NC2CCCCC2)N(C(=O)CNC(=O)OC(C)(C)C)C2CCC2)cc1. The second kappa shape index (κ2) is 11.0. The molecule has 1 aromatic carbocycles. The molecular formula is C26H39N3O4. The zero-order valence-corrected chi connectivity index (χ0v) is 20.5. The van der Waals surface area contributed by atoms with Gasteiger partial charge in [-0.1, -0.05) is 49.1 Å². The number of carbonyl (C=O) groups is 3. The number of nitrogens with one attached hydrogen (secondary N) is 2. The first-order valence-electron chi connectivity index (χ1n) is 12.3. The van der Waals surface area contributed by atoms with Crippen molar-refractivity contribution < 1.29 is 19.1 Å². The molecule has 2 aliphatic carbocycles. The predicted octanol–water partition coefficient (Wildman–Crippen LogP) is 4.39. The Balaban J connectivity index is 1.81. The highest BCUT2D eigenvalue weighted by Gasteiger charge is 2.39. The fourth-order valence-electron chi connectivity index (χ4n) is 4.49. The molecule has 0 heterocycles. The fraction of sp³-hybridized carbons (Fsp3) is 0.654. The van der Waals surface area contributed by atoms with Crippen LogP contribution < -0.4 is 10.6 Å². The maximum Gasteiger partial charge on any atom is 0.408 e. The Bertz CT molecular complexity index is 821. The maximum absolute atomic E-state index is 13.6. The van der Waals surface area contributed by atoms with Crippen LogP contribution >= 0.6 is 0 Å². The molecule has 0 bridgehead atoms. The van der Waals surface area contributed by atoms with Gasteiger partial charge in [0.15, 0.2) is 0 Å². The van der Waals surface area contributed by atoms with Crippen LogP contribution in [-0.4, -0.2) is 47.0 Å². The molecule has 1 atom stereocenters. The van der Waals surface area contributed by atoms with Crippen LogP contribution in [0.5, 0.6) is 0 Å². The average molecular weight is 458 g/mol. The number of nitrogens with zero attached hydrogens (tertiary/aromatic N) is 1. The third-order valence-electron chi connectivity index (χ3n) is 6.41.